The van der Waals surface area contributed by atoms with Crippen LogP contribution < -0.4 is 4.90 Å². The maximum atomic E-state index is 14.8. The van der Waals surface area contributed by atoms with Crippen molar-refractivity contribution < 1.29 is 29.0 Å². The van der Waals surface area contributed by atoms with E-state index >= 15 is 0 Å². The van der Waals surface area contributed by atoms with E-state index in [-0.39, 0.29) is 42.3 Å². The van der Waals surface area contributed by atoms with Crippen LogP contribution in [0.1, 0.15) is 44.2 Å². The lowest BCUT2D eigenvalue weighted by Crippen LogP contribution is -2.60. The van der Waals surface area contributed by atoms with Gasteiger partial charge in [0.2, 0.25) is 5.91 Å². The van der Waals surface area contributed by atoms with Crippen LogP contribution in [0, 0.1) is 31.6 Å². The highest BCUT2D eigenvalue weighted by atomic mass is 79.9. The second kappa shape index (κ2) is 12.2. The van der Waals surface area contributed by atoms with Crippen LogP contribution in [-0.4, -0.2) is 76.2 Å². The summed E-state index contributed by atoms with van der Waals surface area (Å²) in [6.45, 7) is 15.5. The number of halogens is 1. The van der Waals surface area contributed by atoms with Crippen molar-refractivity contribution in [3.05, 3.63) is 54.6 Å². The SMILES string of the molecule is C=CCCOC(=O)[C@H]1[C@H]2C(=O)N([C@@H](CO)[C@@H](C)CC)C(C(=O)N(CC=C)c3cc(C)ccc3C)C23CC(Br)[C@@H]1O3. The van der Waals surface area contributed by atoms with E-state index in [9.17, 15) is 19.5 Å². The van der Waals surface area contributed by atoms with Gasteiger partial charge < -0.3 is 24.4 Å². The molecule has 3 unspecified atom stereocenters. The fourth-order valence-electron chi connectivity index (χ4n) is 6.72. The van der Waals surface area contributed by atoms with Crippen molar-refractivity contribution in [1.29, 1.82) is 0 Å². The van der Waals surface area contributed by atoms with Crippen molar-refractivity contribution in [2.45, 2.75) is 75.6 Å². The van der Waals surface area contributed by atoms with Gasteiger partial charge in [-0.3, -0.25) is 14.4 Å². The Balaban J connectivity index is 1.85. The second-order valence-electron chi connectivity index (χ2n) is 11.3. The Morgan fingerprint density at radius 1 is 1.32 bits per heavy atom. The summed E-state index contributed by atoms with van der Waals surface area (Å²) in [7, 11) is 0. The number of hydrogen-bond donors (Lipinski definition) is 1. The summed E-state index contributed by atoms with van der Waals surface area (Å²) in [5.41, 5.74) is 1.38. The minimum absolute atomic E-state index is 0.0944. The molecule has 1 spiro atoms. The molecule has 40 heavy (non-hydrogen) atoms. The van der Waals surface area contributed by atoms with Gasteiger partial charge in [-0.15, -0.1) is 13.2 Å². The Kier molecular flexibility index (Phi) is 9.27. The molecule has 0 aliphatic carbocycles. The number of aliphatic hydroxyl groups excluding tert-OH is 1. The van der Waals surface area contributed by atoms with Gasteiger partial charge >= 0.3 is 5.97 Å². The summed E-state index contributed by atoms with van der Waals surface area (Å²) in [6.07, 6.45) is 4.28. The number of ether oxygens (including phenoxy) is 2. The Morgan fingerprint density at radius 2 is 2.05 bits per heavy atom. The number of aliphatic hydroxyl groups is 1. The number of rotatable bonds is 12. The zero-order valence-corrected chi connectivity index (χ0v) is 25.4. The number of likely N-dealkylation sites (tertiary alicyclic amines) is 1. The lowest BCUT2D eigenvalue weighted by Gasteiger charge is -2.41. The Hall–Kier alpha value is -2.49. The van der Waals surface area contributed by atoms with E-state index in [0.717, 1.165) is 16.8 Å². The smallest absolute Gasteiger partial charge is 0.312 e. The number of amides is 2. The van der Waals surface area contributed by atoms with Crippen LogP contribution in [0.5, 0.6) is 0 Å². The fraction of sp³-hybridized carbons (Fsp3) is 0.581. The average molecular weight is 618 g/mol. The number of esters is 1. The van der Waals surface area contributed by atoms with Crippen LogP contribution >= 0.6 is 15.9 Å². The van der Waals surface area contributed by atoms with Crippen molar-refractivity contribution in [1.82, 2.24) is 4.90 Å². The molecule has 8 atom stereocenters. The minimum atomic E-state index is -1.24. The van der Waals surface area contributed by atoms with Gasteiger partial charge in [0.25, 0.3) is 5.91 Å². The number of anilines is 1. The average Bonchev–Trinajstić information content (AvgIpc) is 3.52. The van der Waals surface area contributed by atoms with Gasteiger partial charge in [0.05, 0.1) is 37.2 Å². The lowest BCUT2D eigenvalue weighted by molar-refractivity contribution is -0.156. The molecule has 3 aliphatic heterocycles. The summed E-state index contributed by atoms with van der Waals surface area (Å²) < 4.78 is 12.2. The molecule has 0 aromatic heterocycles. The molecular formula is C31H41BrN2O6. The van der Waals surface area contributed by atoms with E-state index in [1.807, 2.05) is 45.9 Å². The molecule has 2 amide bonds. The lowest BCUT2D eigenvalue weighted by atomic mass is 9.70. The number of fused-ring (bicyclic) bond motifs is 1. The van der Waals surface area contributed by atoms with Crippen molar-refractivity contribution >= 4 is 39.4 Å². The van der Waals surface area contributed by atoms with Crippen LogP contribution in [0.4, 0.5) is 5.69 Å². The monoisotopic (exact) mass is 616 g/mol. The van der Waals surface area contributed by atoms with E-state index in [0.29, 0.717) is 19.3 Å². The number of benzene rings is 1. The van der Waals surface area contributed by atoms with Gasteiger partial charge in [0.1, 0.15) is 11.6 Å². The number of nitrogens with zero attached hydrogens (tertiary/aromatic N) is 2. The third kappa shape index (κ3) is 4.94. The van der Waals surface area contributed by atoms with E-state index in [1.165, 1.54) is 4.90 Å². The maximum Gasteiger partial charge on any atom is 0.312 e. The van der Waals surface area contributed by atoms with E-state index in [1.54, 1.807) is 17.1 Å². The molecule has 1 aromatic rings. The molecule has 3 saturated heterocycles. The summed E-state index contributed by atoms with van der Waals surface area (Å²) in [5.74, 6) is -3.01. The predicted octanol–water partition coefficient (Wildman–Crippen LogP) is 4.10. The van der Waals surface area contributed by atoms with Crippen molar-refractivity contribution in [3.8, 4) is 0 Å². The van der Waals surface area contributed by atoms with Gasteiger partial charge in [0, 0.05) is 17.1 Å². The molecule has 8 nitrogen and oxygen atoms in total. The molecular weight excluding hydrogens is 576 g/mol. The van der Waals surface area contributed by atoms with Gasteiger partial charge in [-0.05, 0) is 49.8 Å². The summed E-state index contributed by atoms with van der Waals surface area (Å²) in [4.78, 5) is 45.5. The maximum absolute atomic E-state index is 14.8. The quantitative estimate of drug-likeness (QED) is 0.164. The van der Waals surface area contributed by atoms with E-state index in [4.69, 9.17) is 9.47 Å². The molecule has 3 heterocycles. The number of carbonyl (C=O) groups excluding carboxylic acids is 3. The molecule has 0 radical (unpaired) electrons. The Bertz CT molecular complexity index is 1170. The van der Waals surface area contributed by atoms with Crippen LogP contribution in [0.3, 0.4) is 0 Å². The normalized spacial score (nSPS) is 30.1. The fourth-order valence-corrected chi connectivity index (χ4v) is 7.66. The van der Waals surface area contributed by atoms with Gasteiger partial charge in [-0.2, -0.15) is 0 Å². The molecule has 3 fully saturated rings. The number of alkyl halides is 1. The highest BCUT2D eigenvalue weighted by molar-refractivity contribution is 9.09. The third-order valence-corrected chi connectivity index (χ3v) is 9.72. The molecule has 2 bridgehead atoms. The highest BCUT2D eigenvalue weighted by Crippen LogP contribution is 2.61. The first kappa shape index (κ1) is 30.5. The van der Waals surface area contributed by atoms with Crippen molar-refractivity contribution in [2.75, 3.05) is 24.7 Å². The van der Waals surface area contributed by atoms with Crippen LogP contribution in [0.2, 0.25) is 0 Å². The van der Waals surface area contributed by atoms with Crippen LogP contribution in [0.15, 0.2) is 43.5 Å². The molecule has 218 valence electrons. The second-order valence-corrected chi connectivity index (χ2v) is 12.5. The van der Waals surface area contributed by atoms with Gasteiger partial charge in [0.15, 0.2) is 0 Å². The molecule has 3 aliphatic rings. The number of hydrogen-bond acceptors (Lipinski definition) is 6. The zero-order valence-electron chi connectivity index (χ0n) is 23.8. The summed E-state index contributed by atoms with van der Waals surface area (Å²) in [5, 5.41) is 10.6. The minimum Gasteiger partial charge on any atom is -0.465 e. The van der Waals surface area contributed by atoms with Gasteiger partial charge in [-0.1, -0.05) is 60.5 Å². The topological polar surface area (TPSA) is 96.4 Å². The summed E-state index contributed by atoms with van der Waals surface area (Å²) >= 11 is 3.70. The predicted molar refractivity (Wildman–Crippen MR) is 157 cm³/mol. The first-order valence-corrected chi connectivity index (χ1v) is 15.0. The Labute approximate surface area is 245 Å². The largest absolute Gasteiger partial charge is 0.465 e. The number of carbonyl (C=O) groups is 3. The van der Waals surface area contributed by atoms with Crippen molar-refractivity contribution in [3.63, 3.8) is 0 Å². The van der Waals surface area contributed by atoms with E-state index < -0.39 is 41.6 Å². The zero-order chi connectivity index (χ0) is 29.4. The van der Waals surface area contributed by atoms with E-state index in [2.05, 4.69) is 29.1 Å². The number of aryl methyl sites for hydroxylation is 2. The van der Waals surface area contributed by atoms with Crippen LogP contribution in [-0.2, 0) is 23.9 Å². The Morgan fingerprint density at radius 3 is 2.67 bits per heavy atom. The van der Waals surface area contributed by atoms with Crippen molar-refractivity contribution in [2.24, 2.45) is 17.8 Å². The highest BCUT2D eigenvalue weighted by Gasteiger charge is 2.77. The first-order valence-electron chi connectivity index (χ1n) is 14.1. The molecule has 9 heteroatoms. The molecule has 4 rings (SSSR count). The van der Waals surface area contributed by atoms with Crippen LogP contribution in [0.25, 0.3) is 0 Å². The molecule has 1 N–H and O–H groups in total. The third-order valence-electron chi connectivity index (χ3n) is 8.88. The first-order chi connectivity index (χ1) is 19.1. The standard InChI is InChI=1S/C31H41BrN2O6/c1-7-10-14-39-30(38)24-25-28(36)34(23(17-35)19(5)9-3)27(31(25)16-21(32)26(24)40-31)29(37)33(13-8-2)22-15-18(4)11-12-20(22)6/h7-8,11-12,15,19,21,23-27,35H,1-2,9-10,13-14,16-17H2,3-6H3/t19-,21?,23-,24-,25-,26-,27?,31?/m0/s1. The molecule has 1 aromatic carbocycles. The molecule has 0 saturated carbocycles. The van der Waals surface area contributed by atoms with Gasteiger partial charge in [-0.25, -0.2) is 0 Å². The summed E-state index contributed by atoms with van der Waals surface area (Å²) in [6, 6.07) is 4.24.